The number of carbonyl (C=O) groups is 1. The molecule has 5 heteroatoms. The Morgan fingerprint density at radius 2 is 1.84 bits per heavy atom. The molecule has 0 aliphatic rings. The first kappa shape index (κ1) is 12.9. The maximum Gasteiger partial charge on any atom is 0.164 e. The summed E-state index contributed by atoms with van der Waals surface area (Å²) in [6.45, 7) is 0.217. The van der Waals surface area contributed by atoms with Crippen LogP contribution in [0, 0.1) is 4.91 Å². The van der Waals surface area contributed by atoms with Crippen LogP contribution in [-0.4, -0.2) is 17.3 Å². The molecule has 0 aliphatic heterocycles. The molecule has 96 valence electrons. The average Bonchev–Trinajstić information content (AvgIpc) is 2.49. The van der Waals surface area contributed by atoms with Crippen LogP contribution in [0.25, 0.3) is 0 Å². The third-order valence-electron chi connectivity index (χ3n) is 2.66. The van der Waals surface area contributed by atoms with E-state index in [4.69, 9.17) is 0 Å². The molecule has 0 aliphatic carbocycles. The van der Waals surface area contributed by atoms with Gasteiger partial charge in [0.2, 0.25) is 0 Å². The Hall–Kier alpha value is -2.56. The monoisotopic (exact) mass is 255 g/mol. The van der Waals surface area contributed by atoms with Crippen LogP contribution in [-0.2, 0) is 0 Å². The molecule has 0 bridgehead atoms. The molecule has 0 radical (unpaired) electrons. The summed E-state index contributed by atoms with van der Waals surface area (Å²) in [6, 6.07) is 14.2. The fourth-order valence-electron chi connectivity index (χ4n) is 1.68. The molecule has 2 rings (SSSR count). The quantitative estimate of drug-likeness (QED) is 0.452. The van der Waals surface area contributed by atoms with Gasteiger partial charge in [0.1, 0.15) is 0 Å². The zero-order valence-corrected chi connectivity index (χ0v) is 10.3. The molecule has 0 unspecified atom stereocenters. The molecule has 0 atom stereocenters. The number of aromatic nitrogens is 1. The molecule has 2 aromatic rings. The number of nitroso groups, excluding NO2 is 1. The van der Waals surface area contributed by atoms with E-state index in [1.165, 1.54) is 5.01 Å². The van der Waals surface area contributed by atoms with Gasteiger partial charge in [0.05, 0.1) is 11.8 Å². The maximum atomic E-state index is 11.9. The van der Waals surface area contributed by atoms with Crippen LogP contribution in [0.3, 0.4) is 0 Å². The summed E-state index contributed by atoms with van der Waals surface area (Å²) >= 11 is 0. The van der Waals surface area contributed by atoms with Crippen molar-refractivity contribution in [2.45, 2.75) is 6.42 Å². The fraction of sp³-hybridized carbons (Fsp3) is 0.143. The number of Topliss-reactive ketones (excluding diaryl/α,β-unsaturated/α-hetero) is 1. The van der Waals surface area contributed by atoms with Crippen LogP contribution in [0.15, 0.2) is 60.0 Å². The van der Waals surface area contributed by atoms with Gasteiger partial charge in [-0.25, -0.2) is 9.99 Å². The van der Waals surface area contributed by atoms with Crippen molar-refractivity contribution in [3.8, 4) is 0 Å². The summed E-state index contributed by atoms with van der Waals surface area (Å²) in [6.07, 6.45) is 1.79. The Bertz CT molecular complexity index is 543. The Labute approximate surface area is 110 Å². The lowest BCUT2D eigenvalue weighted by atomic mass is 10.1. The molecule has 1 heterocycles. The summed E-state index contributed by atoms with van der Waals surface area (Å²) < 4.78 is 0. The number of carbonyl (C=O) groups excluding carboxylic acids is 1. The highest BCUT2D eigenvalue weighted by Crippen LogP contribution is 2.11. The van der Waals surface area contributed by atoms with E-state index in [1.54, 1.807) is 36.5 Å². The second-order valence-corrected chi connectivity index (χ2v) is 3.93. The highest BCUT2D eigenvalue weighted by Gasteiger charge is 2.11. The first-order chi connectivity index (χ1) is 9.31. The zero-order valence-electron chi connectivity index (χ0n) is 10.3. The van der Waals surface area contributed by atoms with Crippen molar-refractivity contribution in [2.75, 3.05) is 11.6 Å². The predicted octanol–water partition coefficient (Wildman–Crippen LogP) is 2.84. The van der Waals surface area contributed by atoms with Crippen LogP contribution in [0.2, 0.25) is 0 Å². The highest BCUT2D eigenvalue weighted by molar-refractivity contribution is 5.96. The van der Waals surface area contributed by atoms with Crippen LogP contribution >= 0.6 is 0 Å². The van der Waals surface area contributed by atoms with Crippen LogP contribution in [0.5, 0.6) is 0 Å². The number of rotatable bonds is 6. The average molecular weight is 255 g/mol. The number of pyridine rings is 1. The number of hydrogen-bond donors (Lipinski definition) is 0. The molecule has 1 aromatic heterocycles. The Kier molecular flexibility index (Phi) is 4.34. The number of hydrogen-bond acceptors (Lipinski definition) is 4. The summed E-state index contributed by atoms with van der Waals surface area (Å²) in [5.74, 6) is 0.420. The highest BCUT2D eigenvalue weighted by atomic mass is 16.3. The van der Waals surface area contributed by atoms with E-state index in [1.807, 2.05) is 18.2 Å². The SMILES string of the molecule is O=NN(CCC(=O)c1ccccc1)c1ccccn1. The summed E-state index contributed by atoms with van der Waals surface area (Å²) in [4.78, 5) is 26.7. The first-order valence-corrected chi connectivity index (χ1v) is 5.91. The number of benzene rings is 1. The Balaban J connectivity index is 1.98. The molecule has 0 spiro atoms. The van der Waals surface area contributed by atoms with Crippen LogP contribution in [0.1, 0.15) is 16.8 Å². The van der Waals surface area contributed by atoms with Gasteiger partial charge < -0.3 is 0 Å². The molecule has 19 heavy (non-hydrogen) atoms. The third-order valence-corrected chi connectivity index (χ3v) is 2.66. The van der Waals surface area contributed by atoms with Gasteiger partial charge in [-0.15, -0.1) is 4.91 Å². The van der Waals surface area contributed by atoms with Crippen LogP contribution < -0.4 is 5.01 Å². The molecule has 0 saturated carbocycles. The van der Waals surface area contributed by atoms with Gasteiger partial charge in [0, 0.05) is 18.2 Å². The van der Waals surface area contributed by atoms with Gasteiger partial charge >= 0.3 is 0 Å². The van der Waals surface area contributed by atoms with Crippen molar-refractivity contribution in [1.82, 2.24) is 4.98 Å². The summed E-state index contributed by atoms with van der Waals surface area (Å²) in [5.41, 5.74) is 0.634. The van der Waals surface area contributed by atoms with Gasteiger partial charge in [0.25, 0.3) is 0 Å². The van der Waals surface area contributed by atoms with Crippen molar-refractivity contribution in [1.29, 1.82) is 0 Å². The van der Waals surface area contributed by atoms with E-state index in [9.17, 15) is 9.70 Å². The number of anilines is 1. The van der Waals surface area contributed by atoms with Crippen LogP contribution in [0.4, 0.5) is 5.82 Å². The molecule has 0 amide bonds. The van der Waals surface area contributed by atoms with E-state index in [0.29, 0.717) is 11.4 Å². The van der Waals surface area contributed by atoms with Gasteiger partial charge in [-0.05, 0) is 12.1 Å². The van der Waals surface area contributed by atoms with Crippen molar-refractivity contribution < 1.29 is 4.79 Å². The molecule has 1 aromatic carbocycles. The summed E-state index contributed by atoms with van der Waals surface area (Å²) in [7, 11) is 0. The molecule has 5 nitrogen and oxygen atoms in total. The third kappa shape index (κ3) is 3.45. The van der Waals surface area contributed by atoms with Gasteiger partial charge in [-0.1, -0.05) is 36.4 Å². The minimum Gasteiger partial charge on any atom is -0.294 e. The van der Waals surface area contributed by atoms with E-state index >= 15 is 0 Å². The van der Waals surface area contributed by atoms with Gasteiger partial charge in [-0.3, -0.25) is 4.79 Å². The first-order valence-electron chi connectivity index (χ1n) is 5.91. The smallest absolute Gasteiger partial charge is 0.164 e. The van der Waals surface area contributed by atoms with E-state index < -0.39 is 0 Å². The molecular formula is C14H13N3O2. The lowest BCUT2D eigenvalue weighted by molar-refractivity contribution is 0.0984. The molecule has 0 saturated heterocycles. The normalized spacial score (nSPS) is 9.89. The second-order valence-electron chi connectivity index (χ2n) is 3.93. The summed E-state index contributed by atoms with van der Waals surface area (Å²) in [5, 5.41) is 4.07. The predicted molar refractivity (Wildman–Crippen MR) is 72.8 cm³/mol. The van der Waals surface area contributed by atoms with Crippen molar-refractivity contribution in [3.05, 3.63) is 65.2 Å². The molecule has 0 fully saturated rings. The minimum absolute atomic E-state index is 0.0230. The Morgan fingerprint density at radius 1 is 1.11 bits per heavy atom. The number of ketones is 1. The van der Waals surface area contributed by atoms with E-state index in [-0.39, 0.29) is 18.7 Å². The largest absolute Gasteiger partial charge is 0.294 e. The van der Waals surface area contributed by atoms with Crippen molar-refractivity contribution >= 4 is 11.6 Å². The maximum absolute atomic E-state index is 11.9. The standard InChI is InChI=1S/C14H13N3O2/c18-13(12-6-2-1-3-7-12)9-11-17(16-19)14-8-4-5-10-15-14/h1-8,10H,9,11H2. The lowest BCUT2D eigenvalue weighted by Crippen LogP contribution is -2.20. The zero-order chi connectivity index (χ0) is 13.5. The minimum atomic E-state index is -0.0230. The Morgan fingerprint density at radius 3 is 2.47 bits per heavy atom. The van der Waals surface area contributed by atoms with Crippen molar-refractivity contribution in [2.24, 2.45) is 5.29 Å². The van der Waals surface area contributed by atoms with Gasteiger partial charge in [0.15, 0.2) is 11.6 Å². The fourth-order valence-corrected chi connectivity index (χ4v) is 1.68. The van der Waals surface area contributed by atoms with Gasteiger partial charge in [-0.2, -0.15) is 0 Å². The van der Waals surface area contributed by atoms with Crippen molar-refractivity contribution in [3.63, 3.8) is 0 Å². The second kappa shape index (κ2) is 6.39. The lowest BCUT2D eigenvalue weighted by Gasteiger charge is -2.13. The number of nitrogens with zero attached hydrogens (tertiary/aromatic N) is 3. The molecular weight excluding hydrogens is 242 g/mol. The topological polar surface area (TPSA) is 62.6 Å². The van der Waals surface area contributed by atoms with E-state index in [0.717, 1.165) is 0 Å². The van der Waals surface area contributed by atoms with E-state index in [2.05, 4.69) is 10.3 Å². The molecule has 0 N–H and O–H groups in total.